The molecule has 0 fully saturated rings. The molecule has 0 aliphatic heterocycles. The lowest BCUT2D eigenvalue weighted by Crippen LogP contribution is -2.04. The fourth-order valence-corrected chi connectivity index (χ4v) is 1.95. The predicted octanol–water partition coefficient (Wildman–Crippen LogP) is 3.71. The summed E-state index contributed by atoms with van der Waals surface area (Å²) in [5.74, 6) is 0.0606. The van der Waals surface area contributed by atoms with Crippen LogP contribution in [0.1, 0.15) is 5.56 Å². The number of hydrogen-bond donors (Lipinski definition) is 1. The van der Waals surface area contributed by atoms with Gasteiger partial charge in [0, 0.05) is 10.0 Å². The molecule has 0 aliphatic rings. The molecule has 17 heavy (non-hydrogen) atoms. The predicted molar refractivity (Wildman–Crippen MR) is 59.1 cm³/mol. The summed E-state index contributed by atoms with van der Waals surface area (Å²) in [5, 5.41) is 3.47. The Morgan fingerprint density at radius 1 is 1.24 bits per heavy atom. The van der Waals surface area contributed by atoms with Crippen molar-refractivity contribution in [2.75, 3.05) is 5.73 Å². The minimum absolute atomic E-state index is 0.0606. The quantitative estimate of drug-likeness (QED) is 0.874. The third-order valence-corrected chi connectivity index (χ3v) is 2.84. The number of halogens is 4. The lowest BCUT2D eigenvalue weighted by atomic mass is 10.1. The number of hydrogen-bond acceptors (Lipinski definition) is 3. The summed E-state index contributed by atoms with van der Waals surface area (Å²) in [6.45, 7) is 0. The van der Waals surface area contributed by atoms with Crippen molar-refractivity contribution in [3.05, 3.63) is 34.4 Å². The molecule has 1 aromatic heterocycles. The first kappa shape index (κ1) is 12.0. The Hall–Kier alpha value is -1.50. The second-order valence-corrected chi connectivity index (χ2v) is 4.15. The van der Waals surface area contributed by atoms with E-state index in [4.69, 9.17) is 5.73 Å². The third-order valence-electron chi connectivity index (χ3n) is 2.18. The lowest BCUT2D eigenvalue weighted by molar-refractivity contribution is -0.137. The van der Waals surface area contributed by atoms with E-state index in [2.05, 4.69) is 25.6 Å². The Balaban J connectivity index is 2.50. The smallest absolute Gasteiger partial charge is 0.367 e. The molecule has 1 aromatic carbocycles. The van der Waals surface area contributed by atoms with Crippen molar-refractivity contribution in [2.45, 2.75) is 6.18 Å². The fourth-order valence-electron chi connectivity index (χ4n) is 1.36. The van der Waals surface area contributed by atoms with E-state index >= 15 is 0 Å². The largest absolute Gasteiger partial charge is 0.416 e. The summed E-state index contributed by atoms with van der Waals surface area (Å²) in [6, 6.07) is 3.28. The Morgan fingerprint density at radius 2 is 1.94 bits per heavy atom. The molecule has 2 rings (SSSR count). The van der Waals surface area contributed by atoms with Crippen LogP contribution in [0.4, 0.5) is 19.1 Å². The molecule has 2 aromatic rings. The maximum atomic E-state index is 12.4. The molecule has 90 valence electrons. The Labute approximate surface area is 103 Å². The van der Waals surface area contributed by atoms with E-state index in [9.17, 15) is 13.2 Å². The highest BCUT2D eigenvalue weighted by Crippen LogP contribution is 2.37. The van der Waals surface area contributed by atoms with Crippen LogP contribution < -0.4 is 5.73 Å². The van der Waals surface area contributed by atoms with E-state index in [1.54, 1.807) is 0 Å². The van der Waals surface area contributed by atoms with E-state index in [0.29, 0.717) is 11.1 Å². The zero-order chi connectivity index (χ0) is 12.6. The van der Waals surface area contributed by atoms with E-state index in [0.717, 1.165) is 12.1 Å². The number of nitrogens with zero attached hydrogens (tertiary/aromatic N) is 1. The summed E-state index contributed by atoms with van der Waals surface area (Å²) < 4.78 is 42.3. The van der Waals surface area contributed by atoms with Crippen LogP contribution >= 0.6 is 15.9 Å². The van der Waals surface area contributed by atoms with Crippen LogP contribution in [0.5, 0.6) is 0 Å². The molecule has 0 saturated carbocycles. The van der Waals surface area contributed by atoms with Crippen LogP contribution in [0.3, 0.4) is 0 Å². The van der Waals surface area contributed by atoms with Gasteiger partial charge >= 0.3 is 6.18 Å². The van der Waals surface area contributed by atoms with Gasteiger partial charge in [0.2, 0.25) is 5.88 Å². The van der Waals surface area contributed by atoms with E-state index in [1.165, 1.54) is 12.3 Å². The summed E-state index contributed by atoms with van der Waals surface area (Å²) in [6.07, 6.45) is -3.02. The second-order valence-electron chi connectivity index (χ2n) is 3.30. The number of aromatic nitrogens is 1. The highest BCUT2D eigenvalue weighted by Gasteiger charge is 2.31. The Morgan fingerprint density at radius 3 is 2.41 bits per heavy atom. The third kappa shape index (κ3) is 2.28. The van der Waals surface area contributed by atoms with Crippen molar-refractivity contribution in [1.82, 2.24) is 5.16 Å². The average Bonchev–Trinajstić information content (AvgIpc) is 2.63. The van der Waals surface area contributed by atoms with Crippen LogP contribution in [0.2, 0.25) is 0 Å². The van der Waals surface area contributed by atoms with Gasteiger partial charge in [-0.1, -0.05) is 27.2 Å². The minimum atomic E-state index is -4.37. The van der Waals surface area contributed by atoms with Gasteiger partial charge in [-0.25, -0.2) is 0 Å². The van der Waals surface area contributed by atoms with Crippen molar-refractivity contribution >= 4 is 21.8 Å². The number of rotatable bonds is 1. The van der Waals surface area contributed by atoms with Crippen LogP contribution in [-0.2, 0) is 6.18 Å². The SMILES string of the molecule is Nc1oncc1-c1ccc(C(F)(F)F)cc1Br. The standard InChI is InChI=1S/C10H6BrF3N2O/c11-8-3-5(10(12,13)14)1-2-6(8)7-4-16-17-9(7)15/h1-4H,15H2. The first-order valence-corrected chi connectivity index (χ1v) is 5.26. The van der Waals surface area contributed by atoms with Gasteiger partial charge in [0.1, 0.15) is 0 Å². The maximum absolute atomic E-state index is 12.4. The minimum Gasteiger partial charge on any atom is -0.367 e. The molecule has 0 amide bonds. The fraction of sp³-hybridized carbons (Fsp3) is 0.100. The van der Waals surface area contributed by atoms with Crippen molar-refractivity contribution in [3.63, 3.8) is 0 Å². The van der Waals surface area contributed by atoms with Gasteiger partial charge in [-0.15, -0.1) is 0 Å². The lowest BCUT2D eigenvalue weighted by Gasteiger charge is -2.09. The van der Waals surface area contributed by atoms with Crippen LogP contribution in [0.15, 0.2) is 33.4 Å². The summed E-state index contributed by atoms with van der Waals surface area (Å²) >= 11 is 3.07. The van der Waals surface area contributed by atoms with Crippen molar-refractivity contribution in [3.8, 4) is 11.1 Å². The van der Waals surface area contributed by atoms with E-state index < -0.39 is 11.7 Å². The molecule has 2 N–H and O–H groups in total. The van der Waals surface area contributed by atoms with Crippen molar-refractivity contribution in [2.24, 2.45) is 0 Å². The molecule has 0 atom stereocenters. The number of nitrogens with two attached hydrogens (primary N) is 1. The normalized spacial score (nSPS) is 11.8. The molecular formula is C10H6BrF3N2O. The van der Waals surface area contributed by atoms with Crippen LogP contribution in [-0.4, -0.2) is 5.16 Å². The highest BCUT2D eigenvalue weighted by atomic mass is 79.9. The molecule has 1 heterocycles. The second kappa shape index (κ2) is 4.06. The number of benzene rings is 1. The molecule has 0 aliphatic carbocycles. The molecule has 0 unspecified atom stereocenters. The van der Waals surface area contributed by atoms with Gasteiger partial charge in [0.05, 0.1) is 17.3 Å². The van der Waals surface area contributed by atoms with E-state index in [1.807, 2.05) is 0 Å². The van der Waals surface area contributed by atoms with Gasteiger partial charge in [0.15, 0.2) is 0 Å². The van der Waals surface area contributed by atoms with Crippen LogP contribution in [0, 0.1) is 0 Å². The van der Waals surface area contributed by atoms with E-state index in [-0.39, 0.29) is 10.4 Å². The van der Waals surface area contributed by atoms with Gasteiger partial charge in [-0.3, -0.25) is 0 Å². The molecule has 0 saturated heterocycles. The van der Waals surface area contributed by atoms with Gasteiger partial charge in [0.25, 0.3) is 0 Å². The molecular weight excluding hydrogens is 301 g/mol. The van der Waals surface area contributed by atoms with Crippen molar-refractivity contribution in [1.29, 1.82) is 0 Å². The Bertz CT molecular complexity index is 551. The number of alkyl halides is 3. The molecule has 7 heteroatoms. The van der Waals surface area contributed by atoms with Crippen LogP contribution in [0.25, 0.3) is 11.1 Å². The molecule has 0 bridgehead atoms. The van der Waals surface area contributed by atoms with Gasteiger partial charge in [-0.2, -0.15) is 13.2 Å². The molecule has 0 radical (unpaired) electrons. The first-order chi connectivity index (χ1) is 7.89. The Kier molecular flexibility index (Phi) is 2.86. The molecule has 0 spiro atoms. The van der Waals surface area contributed by atoms with Gasteiger partial charge < -0.3 is 10.3 Å². The number of nitrogen functional groups attached to an aromatic ring is 1. The summed E-state index contributed by atoms with van der Waals surface area (Å²) in [4.78, 5) is 0. The topological polar surface area (TPSA) is 52.0 Å². The summed E-state index contributed by atoms with van der Waals surface area (Å²) in [5.41, 5.74) is 5.71. The highest BCUT2D eigenvalue weighted by molar-refractivity contribution is 9.10. The molecule has 3 nitrogen and oxygen atoms in total. The zero-order valence-electron chi connectivity index (χ0n) is 8.25. The average molecular weight is 307 g/mol. The monoisotopic (exact) mass is 306 g/mol. The number of anilines is 1. The zero-order valence-corrected chi connectivity index (χ0v) is 9.84. The van der Waals surface area contributed by atoms with Gasteiger partial charge in [-0.05, 0) is 12.1 Å². The first-order valence-electron chi connectivity index (χ1n) is 4.47. The van der Waals surface area contributed by atoms with Crippen molar-refractivity contribution < 1.29 is 17.7 Å². The summed E-state index contributed by atoms with van der Waals surface area (Å²) in [7, 11) is 0. The maximum Gasteiger partial charge on any atom is 0.416 e.